The molecule has 11 heteroatoms. The van der Waals surface area contributed by atoms with Crippen molar-refractivity contribution in [3.8, 4) is 17.0 Å². The number of hydrogen-bond acceptors (Lipinski definition) is 7. The number of hydrogen-bond donors (Lipinski definition) is 3. The summed E-state index contributed by atoms with van der Waals surface area (Å²) in [5.74, 6) is -0.412. The zero-order valence-corrected chi connectivity index (χ0v) is 22.0. The fourth-order valence-corrected chi connectivity index (χ4v) is 4.21. The number of non-ortho nitro benzene ring substituents is 1. The SMILES string of the molecule is COc1cccc(-c2nc3c(C(=O)NC(CC(=O)O)c4cccc([N+](=O)[O-])c4)cccn3c2NC(C)(C)C)c1. The van der Waals surface area contributed by atoms with Crippen LogP contribution in [0.5, 0.6) is 5.75 Å². The number of nitro benzene ring substituents is 1. The second kappa shape index (κ2) is 10.8. The number of fused-ring (bicyclic) bond motifs is 1. The highest BCUT2D eigenvalue weighted by Crippen LogP contribution is 2.33. The minimum absolute atomic E-state index is 0.201. The molecule has 0 aliphatic rings. The van der Waals surface area contributed by atoms with Crippen molar-refractivity contribution in [2.45, 2.75) is 38.8 Å². The number of carboxylic acids is 1. The number of rotatable bonds is 9. The van der Waals surface area contributed by atoms with Gasteiger partial charge in [0, 0.05) is 29.4 Å². The van der Waals surface area contributed by atoms with Crippen LogP contribution in [-0.4, -0.2) is 43.9 Å². The van der Waals surface area contributed by atoms with Crippen LogP contribution in [-0.2, 0) is 4.79 Å². The number of aliphatic carboxylic acids is 1. The predicted molar refractivity (Wildman–Crippen MR) is 146 cm³/mol. The first-order valence-electron chi connectivity index (χ1n) is 12.2. The van der Waals surface area contributed by atoms with Crippen LogP contribution >= 0.6 is 0 Å². The molecule has 1 amide bonds. The van der Waals surface area contributed by atoms with Gasteiger partial charge in [0.05, 0.1) is 30.1 Å². The molecule has 0 aliphatic carbocycles. The van der Waals surface area contributed by atoms with Crippen LogP contribution < -0.4 is 15.4 Å². The quantitative estimate of drug-likeness (QED) is 0.200. The fourth-order valence-electron chi connectivity index (χ4n) is 4.21. The standard InChI is InChI=1S/C28H29N5O6/c1-28(2,3)31-26-24(18-9-6-11-20(15-18)39-4)30-25-21(12-7-13-32(25)26)27(36)29-22(16-23(34)35)17-8-5-10-19(14-17)33(37)38/h5-15,22,31H,16H2,1-4H3,(H,29,36)(H,34,35). The van der Waals surface area contributed by atoms with E-state index in [0.29, 0.717) is 28.5 Å². The van der Waals surface area contributed by atoms with Crippen molar-refractivity contribution in [3.63, 3.8) is 0 Å². The maximum atomic E-state index is 13.6. The summed E-state index contributed by atoms with van der Waals surface area (Å²) in [4.78, 5) is 40.7. The maximum absolute atomic E-state index is 13.6. The van der Waals surface area contributed by atoms with E-state index in [9.17, 15) is 24.8 Å². The van der Waals surface area contributed by atoms with Crippen molar-refractivity contribution < 1.29 is 24.4 Å². The fraction of sp³-hybridized carbons (Fsp3) is 0.250. The second-order valence-electron chi connectivity index (χ2n) is 10.0. The van der Waals surface area contributed by atoms with E-state index in [1.807, 2.05) is 45.0 Å². The highest BCUT2D eigenvalue weighted by atomic mass is 16.6. The Kier molecular flexibility index (Phi) is 7.52. The van der Waals surface area contributed by atoms with E-state index in [0.717, 1.165) is 5.56 Å². The molecule has 0 bridgehead atoms. The van der Waals surface area contributed by atoms with Crippen LogP contribution in [0.25, 0.3) is 16.9 Å². The summed E-state index contributed by atoms with van der Waals surface area (Å²) in [6.07, 6.45) is 1.32. The molecule has 0 saturated heterocycles. The number of ether oxygens (including phenoxy) is 1. The normalized spacial score (nSPS) is 12.1. The van der Waals surface area contributed by atoms with Crippen LogP contribution in [0, 0.1) is 10.1 Å². The van der Waals surface area contributed by atoms with Crippen molar-refractivity contribution in [1.29, 1.82) is 0 Å². The average molecular weight is 532 g/mol. The molecule has 0 aliphatic heterocycles. The molecule has 39 heavy (non-hydrogen) atoms. The van der Waals surface area contributed by atoms with Crippen molar-refractivity contribution in [2.75, 3.05) is 12.4 Å². The number of aromatic nitrogens is 2. The molecular formula is C28H29N5O6. The molecule has 202 valence electrons. The van der Waals surface area contributed by atoms with Crippen LogP contribution in [0.15, 0.2) is 66.9 Å². The van der Waals surface area contributed by atoms with E-state index in [2.05, 4.69) is 10.6 Å². The molecule has 4 aromatic rings. The Labute approximate surface area is 224 Å². The van der Waals surface area contributed by atoms with E-state index in [4.69, 9.17) is 9.72 Å². The molecule has 4 rings (SSSR count). The molecule has 0 radical (unpaired) electrons. The smallest absolute Gasteiger partial charge is 0.305 e. The summed E-state index contributed by atoms with van der Waals surface area (Å²) in [5.41, 5.74) is 1.71. The maximum Gasteiger partial charge on any atom is 0.305 e. The first kappa shape index (κ1) is 27.1. The van der Waals surface area contributed by atoms with Gasteiger partial charge in [0.25, 0.3) is 11.6 Å². The van der Waals surface area contributed by atoms with Gasteiger partial charge in [-0.1, -0.05) is 24.3 Å². The molecule has 11 nitrogen and oxygen atoms in total. The summed E-state index contributed by atoms with van der Waals surface area (Å²) in [7, 11) is 1.58. The van der Waals surface area contributed by atoms with Crippen LogP contribution in [0.1, 0.15) is 49.2 Å². The third kappa shape index (κ3) is 6.15. The van der Waals surface area contributed by atoms with Crippen molar-refractivity contribution in [2.24, 2.45) is 0 Å². The van der Waals surface area contributed by atoms with E-state index in [1.165, 1.54) is 18.2 Å². The van der Waals surface area contributed by atoms with Gasteiger partial charge in [-0.3, -0.25) is 24.1 Å². The first-order valence-corrected chi connectivity index (χ1v) is 12.2. The molecule has 3 N–H and O–H groups in total. The van der Waals surface area contributed by atoms with Gasteiger partial charge in [0.15, 0.2) is 5.65 Å². The topological polar surface area (TPSA) is 148 Å². The lowest BCUT2D eigenvalue weighted by atomic mass is 10.0. The first-order chi connectivity index (χ1) is 18.5. The molecule has 2 heterocycles. The van der Waals surface area contributed by atoms with Crippen molar-refractivity contribution >= 4 is 29.0 Å². The van der Waals surface area contributed by atoms with Gasteiger partial charge >= 0.3 is 5.97 Å². The lowest BCUT2D eigenvalue weighted by molar-refractivity contribution is -0.384. The van der Waals surface area contributed by atoms with Crippen molar-refractivity contribution in [3.05, 3.63) is 88.1 Å². The molecule has 1 atom stereocenters. The summed E-state index contributed by atoms with van der Waals surface area (Å²) in [6, 6.07) is 15.3. The number of imidazole rings is 1. The lowest BCUT2D eigenvalue weighted by Gasteiger charge is -2.23. The van der Waals surface area contributed by atoms with Crippen molar-refractivity contribution in [1.82, 2.24) is 14.7 Å². The predicted octanol–water partition coefficient (Wildman–Crippen LogP) is 5.07. The Balaban J connectivity index is 1.80. The number of nitrogens with one attached hydrogen (secondary N) is 2. The van der Waals surface area contributed by atoms with E-state index in [1.54, 1.807) is 35.9 Å². The number of carbonyl (C=O) groups excluding carboxylic acids is 1. The van der Waals surface area contributed by atoms with Gasteiger partial charge in [-0.2, -0.15) is 0 Å². The van der Waals surface area contributed by atoms with E-state index < -0.39 is 29.3 Å². The number of carbonyl (C=O) groups is 2. The van der Waals surface area contributed by atoms with Gasteiger partial charge in [0.1, 0.15) is 17.3 Å². The van der Waals surface area contributed by atoms with Crippen LogP contribution in [0.2, 0.25) is 0 Å². The summed E-state index contributed by atoms with van der Waals surface area (Å²) in [5, 5.41) is 26.9. The Bertz CT molecular complexity index is 1560. The Morgan fingerprint density at radius 2 is 1.87 bits per heavy atom. The minimum Gasteiger partial charge on any atom is -0.497 e. The molecule has 0 fully saturated rings. The highest BCUT2D eigenvalue weighted by molar-refractivity contribution is 6.01. The number of anilines is 1. The third-order valence-electron chi connectivity index (χ3n) is 5.90. The van der Waals surface area contributed by atoms with Gasteiger partial charge in [-0.15, -0.1) is 0 Å². The molecule has 2 aromatic carbocycles. The van der Waals surface area contributed by atoms with Gasteiger partial charge < -0.3 is 20.5 Å². The van der Waals surface area contributed by atoms with Crippen LogP contribution in [0.4, 0.5) is 11.5 Å². The Morgan fingerprint density at radius 1 is 1.13 bits per heavy atom. The monoisotopic (exact) mass is 531 g/mol. The second-order valence-corrected chi connectivity index (χ2v) is 10.0. The number of pyridine rings is 1. The number of methoxy groups -OCH3 is 1. The summed E-state index contributed by atoms with van der Waals surface area (Å²) >= 11 is 0. The third-order valence-corrected chi connectivity index (χ3v) is 5.90. The Hall–Kier alpha value is -4.93. The van der Waals surface area contributed by atoms with E-state index >= 15 is 0 Å². The van der Waals surface area contributed by atoms with Crippen LogP contribution in [0.3, 0.4) is 0 Å². The number of nitrogens with zero attached hydrogens (tertiary/aromatic N) is 3. The number of amides is 1. The van der Waals surface area contributed by atoms with Gasteiger partial charge in [-0.05, 0) is 50.6 Å². The summed E-state index contributed by atoms with van der Waals surface area (Å²) < 4.78 is 7.16. The minimum atomic E-state index is -1.16. The van der Waals surface area contributed by atoms with Gasteiger partial charge in [0.2, 0.25) is 0 Å². The largest absolute Gasteiger partial charge is 0.497 e. The number of nitro groups is 1. The van der Waals surface area contributed by atoms with E-state index in [-0.39, 0.29) is 16.8 Å². The number of carboxylic acid groups (broad SMARTS) is 1. The zero-order chi connectivity index (χ0) is 28.3. The number of benzene rings is 2. The molecule has 0 saturated carbocycles. The average Bonchev–Trinajstić information content (AvgIpc) is 3.25. The Morgan fingerprint density at radius 3 is 2.54 bits per heavy atom. The lowest BCUT2D eigenvalue weighted by Crippen LogP contribution is -2.30. The van der Waals surface area contributed by atoms with Gasteiger partial charge in [-0.25, -0.2) is 4.98 Å². The summed E-state index contributed by atoms with van der Waals surface area (Å²) in [6.45, 7) is 6.02. The molecule has 2 aromatic heterocycles. The molecular weight excluding hydrogens is 502 g/mol. The molecule has 1 unspecified atom stereocenters. The zero-order valence-electron chi connectivity index (χ0n) is 22.0. The highest BCUT2D eigenvalue weighted by Gasteiger charge is 2.25. The molecule has 0 spiro atoms.